The van der Waals surface area contributed by atoms with E-state index in [9.17, 15) is 14.4 Å². The molecule has 0 radical (unpaired) electrons. The van der Waals surface area contributed by atoms with Crippen molar-refractivity contribution >= 4 is 28.8 Å². The Kier molecular flexibility index (Phi) is 10.1. The van der Waals surface area contributed by atoms with Gasteiger partial charge >= 0.3 is 12.2 Å². The molecule has 56 heavy (non-hydrogen) atoms. The molecular formula is C46H49N5O5. The summed E-state index contributed by atoms with van der Waals surface area (Å²) in [6.45, 7) is 7.19. The van der Waals surface area contributed by atoms with Gasteiger partial charge in [0.15, 0.2) is 5.43 Å². The zero-order chi connectivity index (χ0) is 39.0. The lowest BCUT2D eigenvalue weighted by Gasteiger charge is -2.35. The number of nitrogens with zero attached hydrogens (tertiary/aromatic N) is 3. The Hall–Kier alpha value is -6.03. The summed E-state index contributed by atoms with van der Waals surface area (Å²) in [6, 6.07) is 33.9. The lowest BCUT2D eigenvalue weighted by Crippen LogP contribution is -2.52. The smallest absolute Gasteiger partial charge is 0.410 e. The molecule has 10 nitrogen and oxygen atoms in total. The molecule has 5 aromatic rings. The van der Waals surface area contributed by atoms with E-state index in [1.807, 2.05) is 81.2 Å². The van der Waals surface area contributed by atoms with Crippen LogP contribution in [0.1, 0.15) is 69.3 Å². The Morgan fingerprint density at radius 1 is 0.750 bits per heavy atom. The van der Waals surface area contributed by atoms with Crippen molar-refractivity contribution in [1.82, 2.24) is 25.0 Å². The number of fused-ring (bicyclic) bond motifs is 1. The van der Waals surface area contributed by atoms with Crippen molar-refractivity contribution < 1.29 is 19.1 Å². The molecule has 0 aliphatic carbocycles. The number of nitrogens with one attached hydrogen (secondary N) is 2. The van der Waals surface area contributed by atoms with Crippen molar-refractivity contribution in [2.45, 2.75) is 76.9 Å². The number of carbonyl (C=O) groups excluding carboxylic acids is 2. The van der Waals surface area contributed by atoms with Crippen LogP contribution < -0.4 is 10.7 Å². The van der Waals surface area contributed by atoms with E-state index in [1.165, 1.54) is 0 Å². The number of amides is 2. The van der Waals surface area contributed by atoms with Crippen LogP contribution in [0.2, 0.25) is 0 Å². The van der Waals surface area contributed by atoms with E-state index in [0.29, 0.717) is 18.5 Å². The molecule has 2 fully saturated rings. The van der Waals surface area contributed by atoms with Crippen LogP contribution in [0.15, 0.2) is 114 Å². The van der Waals surface area contributed by atoms with Gasteiger partial charge in [0.1, 0.15) is 18.4 Å². The quantitative estimate of drug-likeness (QED) is 0.171. The maximum atomic E-state index is 13.3. The molecule has 2 N–H and O–H groups in total. The first kappa shape index (κ1) is 36.9. The van der Waals surface area contributed by atoms with E-state index in [2.05, 4.69) is 69.9 Å². The van der Waals surface area contributed by atoms with E-state index < -0.39 is 5.60 Å². The summed E-state index contributed by atoms with van der Waals surface area (Å²) in [4.78, 5) is 48.6. The topological polar surface area (TPSA) is 107 Å². The maximum absolute atomic E-state index is 13.3. The fraction of sp³-hybridized carbons (Fsp3) is 0.326. The summed E-state index contributed by atoms with van der Waals surface area (Å²) in [5.41, 5.74) is 8.11. The second kappa shape index (κ2) is 15.2. The molecule has 288 valence electrons. The third-order valence-electron chi connectivity index (χ3n) is 11.0. The van der Waals surface area contributed by atoms with Gasteiger partial charge in [0, 0.05) is 43.5 Å². The van der Waals surface area contributed by atoms with Crippen molar-refractivity contribution in [3.63, 3.8) is 0 Å². The zero-order valence-electron chi connectivity index (χ0n) is 32.5. The number of rotatable bonds is 7. The van der Waals surface area contributed by atoms with Crippen molar-refractivity contribution in [1.29, 1.82) is 0 Å². The molecule has 1 aromatic heterocycles. The first-order valence-corrected chi connectivity index (χ1v) is 19.6. The Balaban J connectivity index is 0.939. The van der Waals surface area contributed by atoms with Gasteiger partial charge < -0.3 is 29.6 Å². The Morgan fingerprint density at radius 2 is 1.38 bits per heavy atom. The number of ether oxygens (including phenoxy) is 2. The number of benzene rings is 4. The SMILES string of the molecule is CN1C=C(c2ccc(-c3ccc(-c4ccc5c(=O)cc(C6CCCN6C(=O)OCc6ccccc6)[nH]c5c4)cc3)cc2)NC1[C@@H]1CCCN1C(=O)OC(C)(C)C. The van der Waals surface area contributed by atoms with Crippen LogP contribution in [-0.4, -0.2) is 69.8 Å². The molecule has 0 bridgehead atoms. The lowest BCUT2D eigenvalue weighted by atomic mass is 9.98. The Labute approximate surface area is 327 Å². The standard InChI is InChI=1S/C46H49N5O5/c1-46(2,3)56-45(54)51-25-9-13-41(51)43-48-39(28-49(43)4)34-20-18-32(19-21-34)31-14-16-33(17-15-31)35-22-23-36-37(26-35)47-38(27-42(36)52)40-12-8-24-50(40)44(53)55-29-30-10-6-5-7-11-30/h5-7,10-11,14-23,26-28,40-41,43,48H,8-9,12-13,24-25,29H2,1-4H3,(H,47,52)/t40?,41-,43?/m0/s1. The first-order chi connectivity index (χ1) is 27.0. The fourth-order valence-corrected chi connectivity index (χ4v) is 8.22. The molecule has 8 rings (SSSR count). The maximum Gasteiger partial charge on any atom is 0.410 e. The average Bonchev–Trinajstić information content (AvgIpc) is 3.97. The second-order valence-electron chi connectivity index (χ2n) is 16.1. The number of likely N-dealkylation sites (tertiary alicyclic amines) is 2. The number of hydrogen-bond acceptors (Lipinski definition) is 7. The van der Waals surface area contributed by atoms with E-state index in [-0.39, 0.29) is 42.5 Å². The summed E-state index contributed by atoms with van der Waals surface area (Å²) in [5, 5.41) is 4.29. The highest BCUT2D eigenvalue weighted by atomic mass is 16.6. The summed E-state index contributed by atoms with van der Waals surface area (Å²) in [7, 11) is 2.05. The van der Waals surface area contributed by atoms with Crippen molar-refractivity contribution in [3.8, 4) is 22.3 Å². The van der Waals surface area contributed by atoms with Crippen LogP contribution in [0.3, 0.4) is 0 Å². The summed E-state index contributed by atoms with van der Waals surface area (Å²) < 4.78 is 11.4. The predicted molar refractivity (Wildman–Crippen MR) is 219 cm³/mol. The van der Waals surface area contributed by atoms with Gasteiger partial charge in [-0.25, -0.2) is 9.59 Å². The molecule has 0 spiro atoms. The van der Waals surface area contributed by atoms with Gasteiger partial charge in [-0.05, 0) is 92.0 Å². The minimum atomic E-state index is -0.532. The molecule has 4 heterocycles. The third-order valence-corrected chi connectivity index (χ3v) is 11.0. The van der Waals surface area contributed by atoms with Crippen molar-refractivity contribution in [2.24, 2.45) is 0 Å². The molecule has 2 saturated heterocycles. The third kappa shape index (κ3) is 7.74. The summed E-state index contributed by atoms with van der Waals surface area (Å²) in [5.74, 6) is 0. The Bertz CT molecular complexity index is 2310. The summed E-state index contributed by atoms with van der Waals surface area (Å²) in [6.07, 6.45) is 4.92. The first-order valence-electron chi connectivity index (χ1n) is 19.6. The minimum Gasteiger partial charge on any atom is -0.445 e. The van der Waals surface area contributed by atoms with Gasteiger partial charge in [-0.1, -0.05) is 84.9 Å². The minimum absolute atomic E-state index is 0.0186. The number of pyridine rings is 1. The Morgan fingerprint density at radius 3 is 2.07 bits per heavy atom. The molecule has 4 aromatic carbocycles. The van der Waals surface area contributed by atoms with Gasteiger partial charge in [0.25, 0.3) is 0 Å². The van der Waals surface area contributed by atoms with Gasteiger partial charge in [0.05, 0.1) is 23.3 Å². The number of aromatic amines is 1. The highest BCUT2D eigenvalue weighted by Gasteiger charge is 2.40. The second-order valence-corrected chi connectivity index (χ2v) is 16.1. The zero-order valence-corrected chi connectivity index (χ0v) is 32.5. The number of likely N-dealkylation sites (N-methyl/N-ethyl adjacent to an activating group) is 1. The number of carbonyl (C=O) groups is 2. The van der Waals surface area contributed by atoms with E-state index in [4.69, 9.17) is 9.47 Å². The molecule has 3 aliphatic heterocycles. The van der Waals surface area contributed by atoms with Crippen LogP contribution >= 0.6 is 0 Å². The average molecular weight is 752 g/mol. The van der Waals surface area contributed by atoms with Gasteiger partial charge in [-0.2, -0.15) is 0 Å². The summed E-state index contributed by atoms with van der Waals surface area (Å²) >= 11 is 0. The highest BCUT2D eigenvalue weighted by molar-refractivity contribution is 5.85. The van der Waals surface area contributed by atoms with Crippen LogP contribution in [-0.2, 0) is 16.1 Å². The van der Waals surface area contributed by atoms with Gasteiger partial charge in [-0.3, -0.25) is 9.69 Å². The molecule has 0 saturated carbocycles. The molecule has 10 heteroatoms. The lowest BCUT2D eigenvalue weighted by molar-refractivity contribution is 0.0159. The van der Waals surface area contributed by atoms with E-state index in [1.54, 1.807) is 11.0 Å². The molecule has 3 atom stereocenters. The van der Waals surface area contributed by atoms with Crippen LogP contribution in [0, 0.1) is 0 Å². The van der Waals surface area contributed by atoms with Gasteiger partial charge in [0.2, 0.25) is 0 Å². The monoisotopic (exact) mass is 751 g/mol. The van der Waals surface area contributed by atoms with Crippen LogP contribution in [0.25, 0.3) is 38.9 Å². The van der Waals surface area contributed by atoms with E-state index in [0.717, 1.165) is 76.0 Å². The largest absolute Gasteiger partial charge is 0.445 e. The molecule has 2 amide bonds. The van der Waals surface area contributed by atoms with Crippen molar-refractivity contribution in [3.05, 3.63) is 136 Å². The molecule has 2 unspecified atom stereocenters. The number of hydrogen-bond donors (Lipinski definition) is 2. The number of H-pyrrole nitrogens is 1. The van der Waals surface area contributed by atoms with Crippen LogP contribution in [0.5, 0.6) is 0 Å². The predicted octanol–water partition coefficient (Wildman–Crippen LogP) is 8.89. The van der Waals surface area contributed by atoms with Crippen LogP contribution in [0.4, 0.5) is 9.59 Å². The normalized spacial score (nSPS) is 19.6. The number of aromatic nitrogens is 1. The fourth-order valence-electron chi connectivity index (χ4n) is 8.22. The molecule has 3 aliphatic rings. The molecular weight excluding hydrogens is 703 g/mol. The van der Waals surface area contributed by atoms with Crippen molar-refractivity contribution in [2.75, 3.05) is 20.1 Å². The highest BCUT2D eigenvalue weighted by Crippen LogP contribution is 2.34. The van der Waals surface area contributed by atoms with E-state index >= 15 is 0 Å². The van der Waals surface area contributed by atoms with Gasteiger partial charge in [-0.15, -0.1) is 0 Å².